The predicted molar refractivity (Wildman–Crippen MR) is 41.8 cm³/mol. The molecule has 0 aromatic rings. The van der Waals surface area contributed by atoms with Crippen LogP contribution in [-0.2, 0) is 19.1 Å². The van der Waals surface area contributed by atoms with Crippen molar-refractivity contribution >= 4 is 11.9 Å². The van der Waals surface area contributed by atoms with Gasteiger partial charge < -0.3 is 24.8 Å². The Morgan fingerprint density at radius 2 is 2.33 bits per heavy atom. The molecular weight excluding hydrogens is 208 g/mol. The lowest BCUT2D eigenvalue weighted by atomic mass is 10.2. The molecule has 0 spiro atoms. The molecular formula is C8H9O7-. The highest BCUT2D eigenvalue weighted by molar-refractivity contribution is 5.92. The first-order valence-corrected chi connectivity index (χ1v) is 4.07. The fraction of sp³-hybridized carbons (Fsp3) is 0.500. The van der Waals surface area contributed by atoms with Crippen LogP contribution < -0.4 is 5.11 Å². The second-order valence-electron chi connectivity index (χ2n) is 2.86. The maximum Gasteiger partial charge on any atom is 0.374 e. The number of cyclic esters (lactones) is 1. The predicted octanol–water partition coefficient (Wildman–Crippen LogP) is -2.60. The number of carbonyl (C=O) groups excluding carboxylic acids is 2. The Hall–Kier alpha value is -1.60. The van der Waals surface area contributed by atoms with Crippen LogP contribution in [0.15, 0.2) is 11.5 Å². The Balaban J connectivity index is 2.88. The molecule has 15 heavy (non-hydrogen) atoms. The Labute approximate surface area is 84.5 Å². The molecule has 7 nitrogen and oxygen atoms in total. The first-order valence-electron chi connectivity index (χ1n) is 4.07. The molecule has 1 aliphatic heterocycles. The fourth-order valence-electron chi connectivity index (χ4n) is 1.04. The Morgan fingerprint density at radius 1 is 1.73 bits per heavy atom. The van der Waals surface area contributed by atoms with Crippen molar-refractivity contribution in [2.24, 2.45) is 0 Å². The third-order valence-corrected chi connectivity index (χ3v) is 1.68. The van der Waals surface area contributed by atoms with Crippen molar-refractivity contribution in [1.29, 1.82) is 0 Å². The van der Waals surface area contributed by atoms with Gasteiger partial charge in [-0.25, -0.2) is 4.79 Å². The van der Waals surface area contributed by atoms with E-state index in [-0.39, 0.29) is 0 Å². The minimum atomic E-state index is -1.52. The SMILES string of the molecule is CC(=O)OC1=C([O-])C(C(O)CO)OC1=O. The summed E-state index contributed by atoms with van der Waals surface area (Å²) in [5.41, 5.74) is 0. The molecule has 0 aromatic carbocycles. The highest BCUT2D eigenvalue weighted by Gasteiger charge is 2.35. The van der Waals surface area contributed by atoms with Crippen LogP contribution in [0.5, 0.6) is 0 Å². The lowest BCUT2D eigenvalue weighted by Crippen LogP contribution is -2.35. The van der Waals surface area contributed by atoms with Gasteiger partial charge in [0.2, 0.25) is 5.76 Å². The lowest BCUT2D eigenvalue weighted by molar-refractivity contribution is -0.323. The Kier molecular flexibility index (Phi) is 3.28. The molecule has 0 bridgehead atoms. The zero-order chi connectivity index (χ0) is 11.6. The summed E-state index contributed by atoms with van der Waals surface area (Å²) in [6, 6.07) is 0. The summed E-state index contributed by atoms with van der Waals surface area (Å²) in [5.74, 6) is -3.67. The molecule has 0 fully saturated rings. The Bertz CT molecular complexity index is 319. The number of hydrogen-bond donors (Lipinski definition) is 2. The summed E-state index contributed by atoms with van der Waals surface area (Å²) < 4.78 is 8.75. The summed E-state index contributed by atoms with van der Waals surface area (Å²) in [4.78, 5) is 21.5. The molecule has 0 aromatic heterocycles. The van der Waals surface area contributed by atoms with E-state index in [4.69, 9.17) is 10.2 Å². The molecule has 84 valence electrons. The van der Waals surface area contributed by atoms with Gasteiger partial charge in [-0.05, 0) is 5.76 Å². The normalized spacial score (nSPS) is 22.6. The van der Waals surface area contributed by atoms with Gasteiger partial charge in [0.05, 0.1) is 6.61 Å². The minimum Gasteiger partial charge on any atom is -0.870 e. The molecule has 0 saturated heterocycles. The van der Waals surface area contributed by atoms with E-state index >= 15 is 0 Å². The van der Waals surface area contributed by atoms with Gasteiger partial charge in [0, 0.05) is 6.92 Å². The monoisotopic (exact) mass is 217 g/mol. The average molecular weight is 217 g/mol. The second-order valence-corrected chi connectivity index (χ2v) is 2.86. The van der Waals surface area contributed by atoms with Crippen LogP contribution in [0.4, 0.5) is 0 Å². The summed E-state index contributed by atoms with van der Waals surface area (Å²) in [5, 5.41) is 29.0. The van der Waals surface area contributed by atoms with E-state index in [0.29, 0.717) is 0 Å². The highest BCUT2D eigenvalue weighted by atomic mass is 16.6. The number of aliphatic hydroxyl groups is 2. The van der Waals surface area contributed by atoms with Gasteiger partial charge in [-0.15, -0.1) is 0 Å². The quantitative estimate of drug-likeness (QED) is 0.498. The molecule has 0 radical (unpaired) electrons. The lowest BCUT2D eigenvalue weighted by Gasteiger charge is -2.20. The van der Waals surface area contributed by atoms with Crippen LogP contribution in [-0.4, -0.2) is 41.0 Å². The summed E-state index contributed by atoms with van der Waals surface area (Å²) >= 11 is 0. The molecule has 7 heteroatoms. The van der Waals surface area contributed by atoms with E-state index in [1.54, 1.807) is 0 Å². The van der Waals surface area contributed by atoms with Crippen molar-refractivity contribution in [3.05, 3.63) is 11.5 Å². The van der Waals surface area contributed by atoms with Crippen molar-refractivity contribution in [3.8, 4) is 0 Å². The summed E-state index contributed by atoms with van der Waals surface area (Å²) in [6.07, 6.45) is -3.02. The molecule has 0 saturated carbocycles. The number of aliphatic hydroxyl groups excluding tert-OH is 2. The molecule has 2 atom stereocenters. The van der Waals surface area contributed by atoms with Crippen molar-refractivity contribution in [2.75, 3.05) is 6.61 Å². The van der Waals surface area contributed by atoms with Crippen molar-refractivity contribution in [2.45, 2.75) is 19.1 Å². The zero-order valence-corrected chi connectivity index (χ0v) is 7.80. The number of ether oxygens (including phenoxy) is 2. The van der Waals surface area contributed by atoms with Gasteiger partial charge in [0.15, 0.2) is 0 Å². The van der Waals surface area contributed by atoms with Crippen LogP contribution in [0.3, 0.4) is 0 Å². The van der Waals surface area contributed by atoms with Gasteiger partial charge in [0.25, 0.3) is 0 Å². The second kappa shape index (κ2) is 4.28. The molecule has 1 heterocycles. The van der Waals surface area contributed by atoms with Gasteiger partial charge in [-0.1, -0.05) is 0 Å². The fourth-order valence-corrected chi connectivity index (χ4v) is 1.04. The van der Waals surface area contributed by atoms with Crippen molar-refractivity contribution < 1.29 is 34.4 Å². The zero-order valence-electron chi connectivity index (χ0n) is 7.80. The van der Waals surface area contributed by atoms with Gasteiger partial charge in [-0.2, -0.15) is 0 Å². The van der Waals surface area contributed by atoms with Crippen molar-refractivity contribution in [1.82, 2.24) is 0 Å². The average Bonchev–Trinajstić information content (AvgIpc) is 2.44. The van der Waals surface area contributed by atoms with Gasteiger partial charge >= 0.3 is 11.9 Å². The van der Waals surface area contributed by atoms with Gasteiger partial charge in [-0.3, -0.25) is 4.79 Å². The molecule has 1 aliphatic rings. The Morgan fingerprint density at radius 3 is 2.80 bits per heavy atom. The van der Waals surface area contributed by atoms with Crippen LogP contribution in [0.2, 0.25) is 0 Å². The maximum atomic E-state index is 11.3. The van der Waals surface area contributed by atoms with E-state index in [9.17, 15) is 14.7 Å². The van der Waals surface area contributed by atoms with E-state index in [1.807, 2.05) is 0 Å². The summed E-state index contributed by atoms with van der Waals surface area (Å²) in [7, 11) is 0. The molecule has 2 N–H and O–H groups in total. The smallest absolute Gasteiger partial charge is 0.374 e. The minimum absolute atomic E-state index is 0.739. The number of carbonyl (C=O) groups is 2. The third-order valence-electron chi connectivity index (χ3n) is 1.68. The number of hydrogen-bond acceptors (Lipinski definition) is 7. The largest absolute Gasteiger partial charge is 0.870 e. The van der Waals surface area contributed by atoms with Gasteiger partial charge in [0.1, 0.15) is 12.2 Å². The summed E-state index contributed by atoms with van der Waals surface area (Å²) in [6.45, 7) is 0.278. The molecule has 0 aliphatic carbocycles. The third kappa shape index (κ3) is 2.25. The van der Waals surface area contributed by atoms with Crippen LogP contribution in [0.1, 0.15) is 6.92 Å². The first-order chi connectivity index (χ1) is 6.97. The topological polar surface area (TPSA) is 116 Å². The molecule has 1 rings (SSSR count). The van der Waals surface area contributed by atoms with E-state index in [0.717, 1.165) is 6.92 Å². The van der Waals surface area contributed by atoms with Crippen LogP contribution in [0.25, 0.3) is 0 Å². The maximum absolute atomic E-state index is 11.3. The van der Waals surface area contributed by atoms with Crippen molar-refractivity contribution in [3.63, 3.8) is 0 Å². The van der Waals surface area contributed by atoms with E-state index in [1.165, 1.54) is 0 Å². The number of rotatable bonds is 3. The highest BCUT2D eigenvalue weighted by Crippen LogP contribution is 2.22. The number of esters is 2. The molecule has 0 amide bonds. The van der Waals surface area contributed by atoms with E-state index < -0.39 is 42.3 Å². The van der Waals surface area contributed by atoms with Crippen LogP contribution >= 0.6 is 0 Å². The van der Waals surface area contributed by atoms with E-state index in [2.05, 4.69) is 9.47 Å². The molecule has 2 unspecified atom stereocenters. The first kappa shape index (κ1) is 11.5. The standard InChI is InChI=1S/C8H10O7/c1-3(10)14-7-5(12)6(4(11)2-9)15-8(7)13/h4,6,9,11-12H,2H2,1H3/p-1. The van der Waals surface area contributed by atoms with Crippen LogP contribution in [0, 0.1) is 0 Å².